The molecule has 2 aromatic carbocycles. The monoisotopic (exact) mass is 382 g/mol. The van der Waals surface area contributed by atoms with Crippen molar-refractivity contribution < 1.29 is 13.2 Å². The molecule has 0 bridgehead atoms. The number of benzene rings is 2. The van der Waals surface area contributed by atoms with Crippen LogP contribution < -0.4 is 5.32 Å². The summed E-state index contributed by atoms with van der Waals surface area (Å²) in [6.07, 6.45) is -0.622. The molecular weight excluding hydrogens is 365 g/mol. The number of aryl methyl sites for hydroxylation is 1. The molecule has 7 heteroatoms. The van der Waals surface area contributed by atoms with Gasteiger partial charge in [0, 0.05) is 5.56 Å². The lowest BCUT2D eigenvalue weighted by molar-refractivity contribution is -0.138. The van der Waals surface area contributed by atoms with E-state index >= 15 is 0 Å². The van der Waals surface area contributed by atoms with E-state index in [0.717, 1.165) is 35.7 Å². The molecule has 0 unspecified atom stereocenters. The number of nitrogens with zero attached hydrogens (tertiary/aromatic N) is 3. The third kappa shape index (κ3) is 2.61. The van der Waals surface area contributed by atoms with Crippen LogP contribution in [0.1, 0.15) is 41.1 Å². The third-order valence-corrected chi connectivity index (χ3v) is 5.45. The van der Waals surface area contributed by atoms with Crippen LogP contribution in [-0.2, 0) is 12.6 Å². The van der Waals surface area contributed by atoms with Crippen molar-refractivity contribution in [3.05, 3.63) is 82.7 Å². The van der Waals surface area contributed by atoms with Gasteiger partial charge >= 0.3 is 6.18 Å². The van der Waals surface area contributed by atoms with Gasteiger partial charge < -0.3 is 5.32 Å². The Morgan fingerprint density at radius 3 is 2.64 bits per heavy atom. The number of fused-ring (bicyclic) bond motifs is 3. The summed E-state index contributed by atoms with van der Waals surface area (Å²) in [4.78, 5) is 4.24. The predicted octanol–water partition coefficient (Wildman–Crippen LogP) is 5.06. The molecule has 1 N–H and O–H groups in total. The first-order chi connectivity index (χ1) is 13.5. The van der Waals surface area contributed by atoms with Crippen LogP contribution in [0.3, 0.4) is 0 Å². The molecule has 2 aliphatic rings. The van der Waals surface area contributed by atoms with Crippen LogP contribution in [0.4, 0.5) is 19.1 Å². The Labute approximate surface area is 159 Å². The summed E-state index contributed by atoms with van der Waals surface area (Å²) in [6.45, 7) is 0. The summed E-state index contributed by atoms with van der Waals surface area (Å²) in [5.41, 5.74) is 3.56. The van der Waals surface area contributed by atoms with Gasteiger partial charge in [0.15, 0.2) is 0 Å². The maximum Gasteiger partial charge on any atom is 0.416 e. The minimum absolute atomic E-state index is 0.204. The minimum Gasteiger partial charge on any atom is -0.324 e. The molecule has 1 atom stereocenters. The van der Waals surface area contributed by atoms with E-state index in [0.29, 0.717) is 12.4 Å². The Morgan fingerprint density at radius 1 is 1.00 bits per heavy atom. The fourth-order valence-corrected chi connectivity index (χ4v) is 4.27. The number of alkyl halides is 3. The number of aromatic nitrogens is 3. The van der Waals surface area contributed by atoms with Crippen LogP contribution >= 0.6 is 0 Å². The second-order valence-corrected chi connectivity index (χ2v) is 7.05. The van der Waals surface area contributed by atoms with Gasteiger partial charge in [-0.1, -0.05) is 42.5 Å². The van der Waals surface area contributed by atoms with Crippen molar-refractivity contribution in [3.63, 3.8) is 0 Å². The summed E-state index contributed by atoms with van der Waals surface area (Å²) >= 11 is 0. The summed E-state index contributed by atoms with van der Waals surface area (Å²) in [5, 5.41) is 7.58. The van der Waals surface area contributed by atoms with Crippen molar-refractivity contribution >= 4 is 11.6 Å². The van der Waals surface area contributed by atoms with Crippen molar-refractivity contribution in [2.75, 3.05) is 5.32 Å². The first-order valence-electron chi connectivity index (χ1n) is 9.18. The topological polar surface area (TPSA) is 42.7 Å². The zero-order valence-electron chi connectivity index (χ0n) is 14.9. The summed E-state index contributed by atoms with van der Waals surface area (Å²) in [5.74, 6) is 0.456. The van der Waals surface area contributed by atoms with E-state index < -0.39 is 17.8 Å². The van der Waals surface area contributed by atoms with Gasteiger partial charge in [-0.25, -0.2) is 4.68 Å². The summed E-state index contributed by atoms with van der Waals surface area (Å²) in [6, 6.07) is 13.1. The SMILES string of the molecule is FC(F)(F)c1ccccc1[C@H]1C2=C(Nc3ncnn31)c1ccccc1CCC2. The average Bonchev–Trinajstić information content (AvgIpc) is 3.07. The van der Waals surface area contributed by atoms with E-state index in [1.165, 1.54) is 18.0 Å². The number of allylic oxidation sites excluding steroid dienone is 1. The van der Waals surface area contributed by atoms with Gasteiger partial charge in [-0.05, 0) is 42.0 Å². The number of halogens is 3. The van der Waals surface area contributed by atoms with Crippen LogP contribution in [0, 0.1) is 0 Å². The highest BCUT2D eigenvalue weighted by atomic mass is 19.4. The molecule has 1 aliphatic heterocycles. The predicted molar refractivity (Wildman–Crippen MR) is 99.5 cm³/mol. The molecule has 0 spiro atoms. The van der Waals surface area contributed by atoms with E-state index in [1.54, 1.807) is 16.8 Å². The maximum atomic E-state index is 13.8. The number of anilines is 1. The van der Waals surface area contributed by atoms with Crippen molar-refractivity contribution in [2.45, 2.75) is 31.5 Å². The van der Waals surface area contributed by atoms with Gasteiger partial charge in [-0.2, -0.15) is 23.3 Å². The molecule has 0 amide bonds. The highest BCUT2D eigenvalue weighted by Crippen LogP contribution is 2.46. The normalized spacial score (nSPS) is 18.6. The number of hydrogen-bond donors (Lipinski definition) is 1. The molecule has 1 aliphatic carbocycles. The lowest BCUT2D eigenvalue weighted by Crippen LogP contribution is -2.27. The van der Waals surface area contributed by atoms with E-state index in [4.69, 9.17) is 0 Å². The molecule has 142 valence electrons. The van der Waals surface area contributed by atoms with Gasteiger partial charge in [0.2, 0.25) is 5.95 Å². The molecule has 1 aromatic heterocycles. The van der Waals surface area contributed by atoms with Crippen molar-refractivity contribution in [3.8, 4) is 0 Å². The Bertz CT molecular complexity index is 1080. The van der Waals surface area contributed by atoms with Crippen LogP contribution in [0.5, 0.6) is 0 Å². The van der Waals surface area contributed by atoms with E-state index in [-0.39, 0.29) is 5.56 Å². The minimum atomic E-state index is -4.44. The van der Waals surface area contributed by atoms with Crippen LogP contribution in [0.25, 0.3) is 5.70 Å². The summed E-state index contributed by atoms with van der Waals surface area (Å²) < 4.78 is 42.9. The zero-order valence-corrected chi connectivity index (χ0v) is 14.9. The van der Waals surface area contributed by atoms with Gasteiger partial charge in [-0.15, -0.1) is 0 Å². The van der Waals surface area contributed by atoms with Crippen molar-refractivity contribution in [1.29, 1.82) is 0 Å². The maximum absolute atomic E-state index is 13.8. The number of nitrogens with one attached hydrogen (secondary N) is 1. The average molecular weight is 382 g/mol. The molecule has 0 fully saturated rings. The van der Waals surface area contributed by atoms with E-state index in [1.807, 2.05) is 18.2 Å². The number of hydrogen-bond acceptors (Lipinski definition) is 3. The Morgan fingerprint density at radius 2 is 1.79 bits per heavy atom. The molecular formula is C21H17F3N4. The van der Waals surface area contributed by atoms with E-state index in [2.05, 4.69) is 21.5 Å². The standard InChI is InChI=1S/C21H17F3N4/c22-21(23,24)17-11-4-3-9-15(17)19-16-10-5-7-13-6-1-2-8-14(13)18(16)27-20-25-12-26-28(19)20/h1-4,6,8-9,11-12,19H,5,7,10H2,(H,25,26,27)/t19-/m0/s1. The number of rotatable bonds is 1. The third-order valence-electron chi connectivity index (χ3n) is 5.45. The smallest absolute Gasteiger partial charge is 0.324 e. The highest BCUT2D eigenvalue weighted by molar-refractivity contribution is 5.82. The van der Waals surface area contributed by atoms with Crippen molar-refractivity contribution in [2.24, 2.45) is 0 Å². The van der Waals surface area contributed by atoms with Gasteiger partial charge in [0.25, 0.3) is 0 Å². The molecule has 2 heterocycles. The first-order valence-corrected chi connectivity index (χ1v) is 9.18. The molecule has 0 saturated heterocycles. The highest BCUT2D eigenvalue weighted by Gasteiger charge is 2.39. The largest absolute Gasteiger partial charge is 0.416 e. The lowest BCUT2D eigenvalue weighted by atomic mass is 9.88. The van der Waals surface area contributed by atoms with Gasteiger partial charge in [-0.3, -0.25) is 0 Å². The molecule has 0 radical (unpaired) electrons. The second-order valence-electron chi connectivity index (χ2n) is 7.05. The van der Waals surface area contributed by atoms with E-state index in [9.17, 15) is 13.2 Å². The zero-order chi connectivity index (χ0) is 19.3. The first kappa shape index (κ1) is 17.0. The Kier molecular flexibility index (Phi) is 3.79. The summed E-state index contributed by atoms with van der Waals surface area (Å²) in [7, 11) is 0. The van der Waals surface area contributed by atoms with Crippen LogP contribution in [0.15, 0.2) is 60.4 Å². The van der Waals surface area contributed by atoms with Crippen LogP contribution in [-0.4, -0.2) is 14.8 Å². The molecule has 5 rings (SSSR count). The van der Waals surface area contributed by atoms with Crippen LogP contribution in [0.2, 0.25) is 0 Å². The lowest BCUT2D eigenvalue weighted by Gasteiger charge is -2.31. The van der Waals surface area contributed by atoms with Crippen molar-refractivity contribution in [1.82, 2.24) is 14.8 Å². The Hall–Kier alpha value is -3.09. The Balaban J connectivity index is 1.78. The van der Waals surface area contributed by atoms with Gasteiger partial charge in [0.1, 0.15) is 12.4 Å². The fraction of sp³-hybridized carbons (Fsp3) is 0.238. The fourth-order valence-electron chi connectivity index (χ4n) is 4.27. The molecule has 0 saturated carbocycles. The molecule has 3 aromatic rings. The second kappa shape index (κ2) is 6.22. The molecule has 4 nitrogen and oxygen atoms in total. The quantitative estimate of drug-likeness (QED) is 0.640. The molecule has 28 heavy (non-hydrogen) atoms. The van der Waals surface area contributed by atoms with Gasteiger partial charge in [0.05, 0.1) is 11.3 Å².